The van der Waals surface area contributed by atoms with Gasteiger partial charge < -0.3 is 15.3 Å². The molecular formula is C15H26N2O3. The van der Waals surface area contributed by atoms with E-state index in [-0.39, 0.29) is 12.3 Å². The summed E-state index contributed by atoms with van der Waals surface area (Å²) in [5.74, 6) is 0.129. The lowest BCUT2D eigenvalue weighted by Crippen LogP contribution is -2.52. The fourth-order valence-corrected chi connectivity index (χ4v) is 3.60. The Labute approximate surface area is 120 Å². The fourth-order valence-electron chi connectivity index (χ4n) is 3.60. The third-order valence-corrected chi connectivity index (χ3v) is 4.58. The van der Waals surface area contributed by atoms with E-state index in [1.807, 2.05) is 0 Å². The number of nitrogens with one attached hydrogen (secondary N) is 1. The van der Waals surface area contributed by atoms with Crippen LogP contribution in [0.25, 0.3) is 0 Å². The summed E-state index contributed by atoms with van der Waals surface area (Å²) in [5, 5.41) is 11.6. The zero-order chi connectivity index (χ0) is 14.4. The lowest BCUT2D eigenvalue weighted by atomic mass is 9.78. The Balaban J connectivity index is 1.72. The maximum Gasteiger partial charge on any atom is 0.303 e. The zero-order valence-corrected chi connectivity index (χ0v) is 12.1. The number of rotatable bonds is 6. The molecule has 1 saturated carbocycles. The van der Waals surface area contributed by atoms with Gasteiger partial charge in [0.1, 0.15) is 0 Å². The highest BCUT2D eigenvalue weighted by molar-refractivity contribution is 5.78. The Bertz CT molecular complexity index is 344. The van der Waals surface area contributed by atoms with Crippen molar-refractivity contribution >= 4 is 11.9 Å². The summed E-state index contributed by atoms with van der Waals surface area (Å²) in [7, 11) is 0. The highest BCUT2D eigenvalue weighted by Gasteiger charge is 2.35. The van der Waals surface area contributed by atoms with Crippen LogP contribution < -0.4 is 5.32 Å². The van der Waals surface area contributed by atoms with Crippen LogP contribution >= 0.6 is 0 Å². The number of carbonyl (C=O) groups excluding carboxylic acids is 1. The van der Waals surface area contributed by atoms with Gasteiger partial charge in [0.2, 0.25) is 5.91 Å². The molecule has 2 atom stereocenters. The summed E-state index contributed by atoms with van der Waals surface area (Å²) in [6.45, 7) is 1.85. The first-order valence-corrected chi connectivity index (χ1v) is 7.90. The van der Waals surface area contributed by atoms with Crippen LogP contribution in [0, 0.1) is 5.92 Å². The highest BCUT2D eigenvalue weighted by Crippen LogP contribution is 2.35. The maximum atomic E-state index is 12.3. The van der Waals surface area contributed by atoms with Crippen molar-refractivity contribution in [1.82, 2.24) is 10.2 Å². The molecule has 5 heteroatoms. The standard InChI is InChI=1S/C15H26N2O3/c18-14(11-16-9-3-8-15(19)20)17-10-4-6-12-5-1-2-7-13(12)17/h12-13,16H,1-11H2,(H,19,20). The van der Waals surface area contributed by atoms with E-state index in [1.54, 1.807) is 0 Å². The number of carbonyl (C=O) groups is 2. The molecule has 2 fully saturated rings. The molecule has 2 N–H and O–H groups in total. The normalized spacial score (nSPS) is 26.1. The summed E-state index contributed by atoms with van der Waals surface area (Å²) in [6.07, 6.45) is 8.15. The Morgan fingerprint density at radius 2 is 1.90 bits per heavy atom. The fraction of sp³-hybridized carbons (Fsp3) is 0.867. The van der Waals surface area contributed by atoms with Crippen molar-refractivity contribution < 1.29 is 14.7 Å². The first-order chi connectivity index (χ1) is 9.68. The molecular weight excluding hydrogens is 256 g/mol. The van der Waals surface area contributed by atoms with Crippen LogP contribution in [-0.2, 0) is 9.59 Å². The second kappa shape index (κ2) is 7.62. The molecule has 0 aromatic carbocycles. The van der Waals surface area contributed by atoms with Gasteiger partial charge in [-0.3, -0.25) is 9.59 Å². The van der Waals surface area contributed by atoms with E-state index in [9.17, 15) is 9.59 Å². The Morgan fingerprint density at radius 1 is 1.15 bits per heavy atom. The second-order valence-corrected chi connectivity index (χ2v) is 6.02. The first-order valence-electron chi connectivity index (χ1n) is 7.90. The predicted octanol–water partition coefficient (Wildman–Crippen LogP) is 1.62. The van der Waals surface area contributed by atoms with Crippen molar-refractivity contribution in [2.24, 2.45) is 5.92 Å². The minimum Gasteiger partial charge on any atom is -0.481 e. The van der Waals surface area contributed by atoms with Crippen molar-refractivity contribution in [3.8, 4) is 0 Å². The van der Waals surface area contributed by atoms with Gasteiger partial charge in [-0.15, -0.1) is 0 Å². The molecule has 0 radical (unpaired) electrons. The van der Waals surface area contributed by atoms with Gasteiger partial charge >= 0.3 is 5.97 Å². The molecule has 2 aliphatic rings. The molecule has 0 spiro atoms. The van der Waals surface area contributed by atoms with E-state index in [2.05, 4.69) is 10.2 Å². The average Bonchev–Trinajstić information content (AvgIpc) is 2.45. The smallest absolute Gasteiger partial charge is 0.303 e. The first kappa shape index (κ1) is 15.3. The number of amides is 1. The van der Waals surface area contributed by atoms with Crippen molar-refractivity contribution in [2.75, 3.05) is 19.6 Å². The highest BCUT2D eigenvalue weighted by atomic mass is 16.4. The third kappa shape index (κ3) is 4.20. The molecule has 114 valence electrons. The quantitative estimate of drug-likeness (QED) is 0.726. The number of carboxylic acid groups (broad SMARTS) is 1. The molecule has 1 aliphatic carbocycles. The minimum absolute atomic E-state index is 0.162. The molecule has 20 heavy (non-hydrogen) atoms. The van der Waals surface area contributed by atoms with Crippen LogP contribution in [0.3, 0.4) is 0 Å². The van der Waals surface area contributed by atoms with Crippen LogP contribution in [0.4, 0.5) is 0 Å². The monoisotopic (exact) mass is 282 g/mol. The largest absolute Gasteiger partial charge is 0.481 e. The number of nitrogens with zero attached hydrogens (tertiary/aromatic N) is 1. The number of hydrogen-bond acceptors (Lipinski definition) is 3. The summed E-state index contributed by atoms with van der Waals surface area (Å²) in [4.78, 5) is 24.8. The van der Waals surface area contributed by atoms with Gasteiger partial charge in [0.05, 0.1) is 6.54 Å². The molecule has 0 aromatic rings. The molecule has 1 aliphatic heterocycles. The lowest BCUT2D eigenvalue weighted by molar-refractivity contribution is -0.137. The van der Waals surface area contributed by atoms with Gasteiger partial charge in [-0.05, 0) is 44.6 Å². The SMILES string of the molecule is O=C(O)CCCNCC(=O)N1CCCC2CCCCC21. The lowest BCUT2D eigenvalue weighted by Gasteiger charge is -2.44. The number of piperidine rings is 1. The van der Waals surface area contributed by atoms with Crippen molar-refractivity contribution in [2.45, 2.75) is 57.4 Å². The summed E-state index contributed by atoms with van der Waals surface area (Å²) in [5.41, 5.74) is 0. The van der Waals surface area contributed by atoms with Gasteiger partial charge in [-0.1, -0.05) is 12.8 Å². The number of aliphatic carboxylic acids is 1. The van der Waals surface area contributed by atoms with Gasteiger partial charge in [0, 0.05) is 19.0 Å². The number of fused-ring (bicyclic) bond motifs is 1. The average molecular weight is 282 g/mol. The van der Waals surface area contributed by atoms with E-state index >= 15 is 0 Å². The van der Waals surface area contributed by atoms with Gasteiger partial charge in [0.15, 0.2) is 0 Å². The molecule has 1 amide bonds. The third-order valence-electron chi connectivity index (χ3n) is 4.58. The molecule has 2 rings (SSSR count). The van der Waals surface area contributed by atoms with Gasteiger partial charge in [0.25, 0.3) is 0 Å². The zero-order valence-electron chi connectivity index (χ0n) is 12.1. The minimum atomic E-state index is -0.779. The summed E-state index contributed by atoms with van der Waals surface area (Å²) < 4.78 is 0. The van der Waals surface area contributed by atoms with Gasteiger partial charge in [-0.2, -0.15) is 0 Å². The van der Waals surface area contributed by atoms with E-state index in [1.165, 1.54) is 25.7 Å². The van der Waals surface area contributed by atoms with Crippen LogP contribution in [-0.4, -0.2) is 47.6 Å². The maximum absolute atomic E-state index is 12.3. The summed E-state index contributed by atoms with van der Waals surface area (Å²) in [6, 6.07) is 0.464. The van der Waals surface area contributed by atoms with Crippen LogP contribution in [0.5, 0.6) is 0 Å². The number of likely N-dealkylation sites (tertiary alicyclic amines) is 1. The van der Waals surface area contributed by atoms with E-state index < -0.39 is 5.97 Å². The molecule has 5 nitrogen and oxygen atoms in total. The molecule has 1 heterocycles. The molecule has 2 unspecified atom stereocenters. The van der Waals surface area contributed by atoms with Crippen LogP contribution in [0.1, 0.15) is 51.4 Å². The molecule has 0 aromatic heterocycles. The van der Waals surface area contributed by atoms with E-state index in [0.717, 1.165) is 19.4 Å². The second-order valence-electron chi connectivity index (χ2n) is 6.02. The van der Waals surface area contributed by atoms with E-state index in [4.69, 9.17) is 5.11 Å². The van der Waals surface area contributed by atoms with E-state index in [0.29, 0.717) is 31.5 Å². The van der Waals surface area contributed by atoms with Crippen LogP contribution in [0.2, 0.25) is 0 Å². The molecule has 1 saturated heterocycles. The van der Waals surface area contributed by atoms with Crippen LogP contribution in [0.15, 0.2) is 0 Å². The molecule has 0 bridgehead atoms. The summed E-state index contributed by atoms with van der Waals surface area (Å²) >= 11 is 0. The van der Waals surface area contributed by atoms with Crippen molar-refractivity contribution in [3.63, 3.8) is 0 Å². The van der Waals surface area contributed by atoms with Crippen molar-refractivity contribution in [1.29, 1.82) is 0 Å². The predicted molar refractivity (Wildman–Crippen MR) is 76.4 cm³/mol. The Morgan fingerprint density at radius 3 is 2.70 bits per heavy atom. The Hall–Kier alpha value is -1.10. The number of hydrogen-bond donors (Lipinski definition) is 2. The Kier molecular flexibility index (Phi) is 5.83. The number of carboxylic acids is 1. The topological polar surface area (TPSA) is 69.6 Å². The van der Waals surface area contributed by atoms with Crippen molar-refractivity contribution in [3.05, 3.63) is 0 Å². The van der Waals surface area contributed by atoms with Gasteiger partial charge in [-0.25, -0.2) is 0 Å².